The van der Waals surface area contributed by atoms with Gasteiger partial charge in [0.25, 0.3) is 0 Å². The molecule has 0 aromatic rings. The molecule has 0 aromatic carbocycles. The number of esters is 1. The van der Waals surface area contributed by atoms with E-state index in [0.29, 0.717) is 25.6 Å². The van der Waals surface area contributed by atoms with Crippen molar-refractivity contribution in [1.82, 2.24) is 4.90 Å². The largest absolute Gasteiger partial charge is 0.465 e. The fraction of sp³-hybridized carbons (Fsp3) is 0.846. The molecule has 0 saturated carbocycles. The van der Waals surface area contributed by atoms with E-state index in [1.807, 2.05) is 20.8 Å². The molecule has 0 spiro atoms. The lowest BCUT2D eigenvalue weighted by Gasteiger charge is -2.29. The number of hydrogen-bond acceptors (Lipinski definition) is 4. The highest BCUT2D eigenvalue weighted by Crippen LogP contribution is 2.17. The van der Waals surface area contributed by atoms with Crippen LogP contribution in [0, 0.1) is 5.92 Å². The van der Waals surface area contributed by atoms with Gasteiger partial charge in [-0.1, -0.05) is 0 Å². The van der Waals surface area contributed by atoms with E-state index < -0.39 is 11.7 Å². The summed E-state index contributed by atoms with van der Waals surface area (Å²) in [6.07, 6.45) is 0.689. The van der Waals surface area contributed by atoms with Crippen LogP contribution in [0.5, 0.6) is 0 Å². The van der Waals surface area contributed by atoms with Gasteiger partial charge in [0.1, 0.15) is 12.2 Å². The van der Waals surface area contributed by atoms with Gasteiger partial charge in [-0.25, -0.2) is 9.59 Å². The van der Waals surface area contributed by atoms with E-state index in [1.54, 1.807) is 0 Å². The topological polar surface area (TPSA) is 76.1 Å². The summed E-state index contributed by atoms with van der Waals surface area (Å²) < 4.78 is 10.5. The van der Waals surface area contributed by atoms with Crippen LogP contribution in [0.15, 0.2) is 0 Å². The number of hydrogen-bond donors (Lipinski definition) is 1. The van der Waals surface area contributed by atoms with Gasteiger partial charge < -0.3 is 19.5 Å². The first-order valence-corrected chi connectivity index (χ1v) is 6.55. The van der Waals surface area contributed by atoms with Crippen molar-refractivity contribution in [3.05, 3.63) is 0 Å². The van der Waals surface area contributed by atoms with Crippen molar-refractivity contribution in [2.75, 3.05) is 26.3 Å². The maximum atomic E-state index is 11.4. The number of likely N-dealkylation sites (tertiary alicyclic amines) is 1. The molecule has 1 heterocycles. The molecule has 0 bridgehead atoms. The number of nitrogens with zero attached hydrogens (tertiary/aromatic N) is 1. The quantitative estimate of drug-likeness (QED) is 0.789. The molecule has 1 fully saturated rings. The molecule has 1 N–H and O–H groups in total. The highest BCUT2D eigenvalue weighted by molar-refractivity contribution is 5.71. The number of carbonyl (C=O) groups is 2. The lowest BCUT2D eigenvalue weighted by atomic mass is 9.98. The molecule has 1 saturated heterocycles. The third-order valence-corrected chi connectivity index (χ3v) is 2.88. The molecule has 0 aromatic heterocycles. The van der Waals surface area contributed by atoms with E-state index in [4.69, 9.17) is 14.6 Å². The number of piperidine rings is 1. The Morgan fingerprint density at radius 2 is 1.84 bits per heavy atom. The Kier molecular flexibility index (Phi) is 5.60. The molecule has 110 valence electrons. The molecular formula is C13H23NO5. The molecule has 19 heavy (non-hydrogen) atoms. The molecule has 6 nitrogen and oxygen atoms in total. The Balaban J connectivity index is 2.14. The Morgan fingerprint density at radius 3 is 2.32 bits per heavy atom. The summed E-state index contributed by atoms with van der Waals surface area (Å²) in [6.45, 7) is 6.94. The van der Waals surface area contributed by atoms with E-state index in [0.717, 1.165) is 12.8 Å². The average molecular weight is 273 g/mol. The Labute approximate surface area is 113 Å². The SMILES string of the molecule is CC(C)(C)OC(=O)COCC1CCN(C(=O)O)CC1. The first-order chi connectivity index (χ1) is 8.78. The Bertz CT molecular complexity index is 315. The van der Waals surface area contributed by atoms with Crippen LogP contribution in [-0.2, 0) is 14.3 Å². The standard InChI is InChI=1S/C13H23NO5/c1-13(2,3)19-11(15)9-18-8-10-4-6-14(7-5-10)12(16)17/h10H,4-9H2,1-3H3,(H,16,17). The zero-order valence-corrected chi connectivity index (χ0v) is 11.8. The highest BCUT2D eigenvalue weighted by atomic mass is 16.6. The summed E-state index contributed by atoms with van der Waals surface area (Å²) in [5, 5.41) is 8.81. The van der Waals surface area contributed by atoms with Crippen molar-refractivity contribution in [1.29, 1.82) is 0 Å². The summed E-state index contributed by atoms with van der Waals surface area (Å²) >= 11 is 0. The predicted octanol–water partition coefficient (Wildman–Crippen LogP) is 1.73. The van der Waals surface area contributed by atoms with Crippen LogP contribution in [0.1, 0.15) is 33.6 Å². The zero-order chi connectivity index (χ0) is 14.5. The second-order valence-corrected chi connectivity index (χ2v) is 5.81. The lowest BCUT2D eigenvalue weighted by molar-refractivity contribution is -0.160. The van der Waals surface area contributed by atoms with Crippen molar-refractivity contribution in [3.8, 4) is 0 Å². The van der Waals surface area contributed by atoms with Gasteiger partial charge in [-0.2, -0.15) is 0 Å². The van der Waals surface area contributed by atoms with E-state index in [-0.39, 0.29) is 12.6 Å². The third kappa shape index (κ3) is 6.42. The number of carboxylic acid groups (broad SMARTS) is 1. The van der Waals surface area contributed by atoms with Gasteiger partial charge in [0.2, 0.25) is 0 Å². The summed E-state index contributed by atoms with van der Waals surface area (Å²) in [4.78, 5) is 23.5. The number of ether oxygens (including phenoxy) is 2. The normalized spacial score (nSPS) is 17.3. The molecule has 0 atom stereocenters. The van der Waals surface area contributed by atoms with Gasteiger partial charge in [0.05, 0.1) is 6.61 Å². The molecule has 0 radical (unpaired) electrons. The fourth-order valence-electron chi connectivity index (χ4n) is 1.97. The highest BCUT2D eigenvalue weighted by Gasteiger charge is 2.23. The molecule has 6 heteroatoms. The van der Waals surface area contributed by atoms with Crippen LogP contribution in [0.2, 0.25) is 0 Å². The molecular weight excluding hydrogens is 250 g/mol. The van der Waals surface area contributed by atoms with Crippen LogP contribution >= 0.6 is 0 Å². The first-order valence-electron chi connectivity index (χ1n) is 6.55. The number of carbonyl (C=O) groups excluding carboxylic acids is 1. The third-order valence-electron chi connectivity index (χ3n) is 2.88. The van der Waals surface area contributed by atoms with Crippen molar-refractivity contribution >= 4 is 12.1 Å². The zero-order valence-electron chi connectivity index (χ0n) is 11.8. The minimum Gasteiger partial charge on any atom is -0.465 e. The summed E-state index contributed by atoms with van der Waals surface area (Å²) in [5.74, 6) is -0.0477. The average Bonchev–Trinajstić information content (AvgIpc) is 2.27. The Hall–Kier alpha value is -1.30. The van der Waals surface area contributed by atoms with Crippen LogP contribution in [0.3, 0.4) is 0 Å². The molecule has 1 amide bonds. The number of rotatable bonds is 4. The van der Waals surface area contributed by atoms with Crippen molar-refractivity contribution in [3.63, 3.8) is 0 Å². The van der Waals surface area contributed by atoms with Crippen molar-refractivity contribution in [2.45, 2.75) is 39.2 Å². The van der Waals surface area contributed by atoms with Crippen LogP contribution in [0.25, 0.3) is 0 Å². The summed E-state index contributed by atoms with van der Waals surface area (Å²) in [6, 6.07) is 0. The fourth-order valence-corrected chi connectivity index (χ4v) is 1.97. The van der Waals surface area contributed by atoms with Crippen molar-refractivity contribution in [2.24, 2.45) is 5.92 Å². The maximum Gasteiger partial charge on any atom is 0.407 e. The van der Waals surface area contributed by atoms with Crippen LogP contribution < -0.4 is 0 Å². The second-order valence-electron chi connectivity index (χ2n) is 5.81. The van der Waals surface area contributed by atoms with Crippen molar-refractivity contribution < 1.29 is 24.2 Å². The molecule has 1 aliphatic heterocycles. The monoisotopic (exact) mass is 273 g/mol. The maximum absolute atomic E-state index is 11.4. The minimum absolute atomic E-state index is 0.0452. The van der Waals surface area contributed by atoms with Crippen LogP contribution in [-0.4, -0.2) is 54.0 Å². The molecule has 1 rings (SSSR count). The summed E-state index contributed by atoms with van der Waals surface area (Å²) in [7, 11) is 0. The van der Waals surface area contributed by atoms with E-state index in [1.165, 1.54) is 4.90 Å². The lowest BCUT2D eigenvalue weighted by Crippen LogP contribution is -2.38. The van der Waals surface area contributed by atoms with Gasteiger partial charge in [-0.3, -0.25) is 0 Å². The van der Waals surface area contributed by atoms with Crippen LogP contribution in [0.4, 0.5) is 4.79 Å². The van der Waals surface area contributed by atoms with E-state index in [9.17, 15) is 9.59 Å². The molecule has 0 aliphatic carbocycles. The van der Waals surface area contributed by atoms with Gasteiger partial charge in [-0.15, -0.1) is 0 Å². The summed E-state index contributed by atoms with van der Waals surface area (Å²) in [5.41, 5.74) is -0.493. The number of amides is 1. The smallest absolute Gasteiger partial charge is 0.407 e. The van der Waals surface area contributed by atoms with Gasteiger partial charge >= 0.3 is 12.1 Å². The minimum atomic E-state index is -0.867. The second kappa shape index (κ2) is 6.75. The van der Waals surface area contributed by atoms with Gasteiger partial charge in [0, 0.05) is 13.1 Å². The van der Waals surface area contributed by atoms with Gasteiger partial charge in [0.15, 0.2) is 0 Å². The first kappa shape index (κ1) is 15.8. The predicted molar refractivity (Wildman–Crippen MR) is 69.0 cm³/mol. The Morgan fingerprint density at radius 1 is 1.26 bits per heavy atom. The van der Waals surface area contributed by atoms with Gasteiger partial charge in [-0.05, 0) is 39.5 Å². The van der Waals surface area contributed by atoms with E-state index in [2.05, 4.69) is 0 Å². The molecule has 1 aliphatic rings. The van der Waals surface area contributed by atoms with E-state index >= 15 is 0 Å². The molecule has 0 unspecified atom stereocenters.